The third-order valence-corrected chi connectivity index (χ3v) is 4.49. The lowest BCUT2D eigenvalue weighted by atomic mass is 10.1. The molecule has 1 amide bonds. The molecule has 2 aromatic heterocycles. The summed E-state index contributed by atoms with van der Waals surface area (Å²) >= 11 is 0. The molecule has 3 heterocycles. The molecule has 0 radical (unpaired) electrons. The molecule has 1 atom stereocenters. The van der Waals surface area contributed by atoms with E-state index in [9.17, 15) is 4.79 Å². The minimum atomic E-state index is -0.0923. The Morgan fingerprint density at radius 1 is 1.24 bits per heavy atom. The van der Waals surface area contributed by atoms with Crippen LogP contribution in [0.25, 0.3) is 11.4 Å². The van der Waals surface area contributed by atoms with Crippen molar-refractivity contribution in [3.8, 4) is 11.4 Å². The van der Waals surface area contributed by atoms with E-state index >= 15 is 0 Å². The van der Waals surface area contributed by atoms with Crippen LogP contribution >= 0.6 is 0 Å². The van der Waals surface area contributed by atoms with Gasteiger partial charge in [0.05, 0.1) is 5.92 Å². The summed E-state index contributed by atoms with van der Waals surface area (Å²) in [6.45, 7) is 4.60. The minimum absolute atomic E-state index is 0.0832. The molecule has 3 aromatic rings. The molecule has 0 N–H and O–H groups in total. The summed E-state index contributed by atoms with van der Waals surface area (Å²) in [5.41, 5.74) is 3.97. The molecule has 0 aliphatic carbocycles. The van der Waals surface area contributed by atoms with Gasteiger partial charge in [0.2, 0.25) is 17.6 Å². The number of hydrogen-bond acceptors (Lipinski definition) is 5. The molecule has 1 unspecified atom stereocenters. The van der Waals surface area contributed by atoms with Crippen LogP contribution in [0, 0.1) is 13.8 Å². The molecule has 1 fully saturated rings. The van der Waals surface area contributed by atoms with Crippen molar-refractivity contribution >= 4 is 11.6 Å². The lowest BCUT2D eigenvalue weighted by Gasteiger charge is -2.19. The Labute approximate surface area is 145 Å². The van der Waals surface area contributed by atoms with Gasteiger partial charge in [0.1, 0.15) is 0 Å². The lowest BCUT2D eigenvalue weighted by Crippen LogP contribution is -2.25. The van der Waals surface area contributed by atoms with Crippen LogP contribution < -0.4 is 4.90 Å². The SMILES string of the molecule is Cc1ccc(C)c(N2CC(c3nc(-c4cccnc4)no3)CC2=O)c1. The Bertz CT molecular complexity index is 920. The Balaban J connectivity index is 1.59. The van der Waals surface area contributed by atoms with E-state index in [1.54, 1.807) is 12.4 Å². The third kappa shape index (κ3) is 2.91. The first-order valence-electron chi connectivity index (χ1n) is 8.23. The van der Waals surface area contributed by atoms with Gasteiger partial charge in [-0.05, 0) is 43.2 Å². The largest absolute Gasteiger partial charge is 0.339 e. The van der Waals surface area contributed by atoms with Gasteiger partial charge in [-0.1, -0.05) is 17.3 Å². The number of carbonyl (C=O) groups is 1. The van der Waals surface area contributed by atoms with E-state index in [1.165, 1.54) is 0 Å². The highest BCUT2D eigenvalue weighted by Gasteiger charge is 2.35. The Kier molecular flexibility index (Phi) is 3.80. The molecule has 1 saturated heterocycles. The number of carbonyl (C=O) groups excluding carboxylic acids is 1. The fraction of sp³-hybridized carbons (Fsp3) is 0.263. The molecule has 1 aromatic carbocycles. The van der Waals surface area contributed by atoms with E-state index in [0.29, 0.717) is 24.7 Å². The molecule has 6 heteroatoms. The van der Waals surface area contributed by atoms with Crippen molar-refractivity contribution in [1.82, 2.24) is 15.1 Å². The highest BCUT2D eigenvalue weighted by atomic mass is 16.5. The zero-order chi connectivity index (χ0) is 17.4. The first-order chi connectivity index (χ1) is 12.1. The normalized spacial score (nSPS) is 17.3. The first-order valence-corrected chi connectivity index (χ1v) is 8.23. The predicted octanol–water partition coefficient (Wildman–Crippen LogP) is 3.27. The molecule has 4 rings (SSSR count). The summed E-state index contributed by atoms with van der Waals surface area (Å²) in [4.78, 5) is 22.9. The van der Waals surface area contributed by atoms with Crippen LogP contribution in [0.15, 0.2) is 47.2 Å². The number of anilines is 1. The quantitative estimate of drug-likeness (QED) is 0.735. The molecular formula is C19H18N4O2. The van der Waals surface area contributed by atoms with Gasteiger partial charge in [-0.2, -0.15) is 4.98 Å². The van der Waals surface area contributed by atoms with Crippen LogP contribution in [0.4, 0.5) is 5.69 Å². The van der Waals surface area contributed by atoms with Crippen LogP contribution in [-0.2, 0) is 4.79 Å². The van der Waals surface area contributed by atoms with Gasteiger partial charge in [-0.25, -0.2) is 0 Å². The monoisotopic (exact) mass is 334 g/mol. The number of aromatic nitrogens is 3. The fourth-order valence-electron chi connectivity index (χ4n) is 3.13. The molecular weight excluding hydrogens is 316 g/mol. The average Bonchev–Trinajstić information content (AvgIpc) is 3.25. The highest BCUT2D eigenvalue weighted by Crippen LogP contribution is 2.33. The van der Waals surface area contributed by atoms with E-state index in [-0.39, 0.29) is 11.8 Å². The van der Waals surface area contributed by atoms with Crippen molar-refractivity contribution in [1.29, 1.82) is 0 Å². The second kappa shape index (κ2) is 6.12. The van der Waals surface area contributed by atoms with Crippen molar-refractivity contribution in [2.24, 2.45) is 0 Å². The zero-order valence-electron chi connectivity index (χ0n) is 14.1. The van der Waals surface area contributed by atoms with E-state index in [2.05, 4.69) is 21.2 Å². The van der Waals surface area contributed by atoms with Crippen LogP contribution in [-0.4, -0.2) is 27.6 Å². The average molecular weight is 334 g/mol. The maximum absolute atomic E-state index is 12.5. The predicted molar refractivity (Wildman–Crippen MR) is 93.2 cm³/mol. The van der Waals surface area contributed by atoms with Crippen LogP contribution in [0.2, 0.25) is 0 Å². The van der Waals surface area contributed by atoms with Gasteiger partial charge < -0.3 is 9.42 Å². The number of amides is 1. The van der Waals surface area contributed by atoms with Gasteiger partial charge in [-0.15, -0.1) is 0 Å². The van der Waals surface area contributed by atoms with E-state index < -0.39 is 0 Å². The molecule has 0 bridgehead atoms. The Hall–Kier alpha value is -3.02. The molecule has 0 spiro atoms. The summed E-state index contributed by atoms with van der Waals surface area (Å²) in [7, 11) is 0. The number of benzene rings is 1. The van der Waals surface area contributed by atoms with E-state index in [1.807, 2.05) is 43.0 Å². The summed E-state index contributed by atoms with van der Waals surface area (Å²) in [5.74, 6) is 0.992. The molecule has 126 valence electrons. The van der Waals surface area contributed by atoms with Crippen molar-refractivity contribution in [2.45, 2.75) is 26.2 Å². The maximum Gasteiger partial charge on any atom is 0.232 e. The number of nitrogens with zero attached hydrogens (tertiary/aromatic N) is 4. The zero-order valence-corrected chi connectivity index (χ0v) is 14.1. The van der Waals surface area contributed by atoms with Crippen molar-refractivity contribution in [3.63, 3.8) is 0 Å². The van der Waals surface area contributed by atoms with Crippen molar-refractivity contribution in [2.75, 3.05) is 11.4 Å². The van der Waals surface area contributed by atoms with Crippen LogP contribution in [0.3, 0.4) is 0 Å². The summed E-state index contributed by atoms with van der Waals surface area (Å²) in [6, 6.07) is 9.84. The second-order valence-electron chi connectivity index (χ2n) is 6.39. The molecule has 1 aliphatic rings. The van der Waals surface area contributed by atoms with Gasteiger partial charge in [0, 0.05) is 36.6 Å². The molecule has 0 saturated carbocycles. The fourth-order valence-corrected chi connectivity index (χ4v) is 3.13. The van der Waals surface area contributed by atoms with Gasteiger partial charge >= 0.3 is 0 Å². The number of pyridine rings is 1. The second-order valence-corrected chi connectivity index (χ2v) is 6.39. The summed E-state index contributed by atoms with van der Waals surface area (Å²) in [5, 5.41) is 4.03. The standard InChI is InChI=1S/C19H18N4O2/c1-12-5-6-13(2)16(8-12)23-11-15(9-17(23)24)19-21-18(22-25-19)14-4-3-7-20-10-14/h3-8,10,15H,9,11H2,1-2H3. The van der Waals surface area contributed by atoms with Gasteiger partial charge in [0.25, 0.3) is 0 Å². The van der Waals surface area contributed by atoms with Crippen LogP contribution in [0.5, 0.6) is 0 Å². The highest BCUT2D eigenvalue weighted by molar-refractivity contribution is 5.97. The third-order valence-electron chi connectivity index (χ3n) is 4.49. The van der Waals surface area contributed by atoms with Gasteiger partial charge in [-0.3, -0.25) is 9.78 Å². The smallest absolute Gasteiger partial charge is 0.232 e. The van der Waals surface area contributed by atoms with E-state index in [0.717, 1.165) is 22.4 Å². The number of aryl methyl sites for hydroxylation is 2. The minimum Gasteiger partial charge on any atom is -0.339 e. The van der Waals surface area contributed by atoms with Crippen molar-refractivity contribution < 1.29 is 9.32 Å². The van der Waals surface area contributed by atoms with Crippen LogP contribution in [0.1, 0.15) is 29.4 Å². The number of hydrogen-bond donors (Lipinski definition) is 0. The van der Waals surface area contributed by atoms with E-state index in [4.69, 9.17) is 4.52 Å². The van der Waals surface area contributed by atoms with Gasteiger partial charge in [0.15, 0.2) is 0 Å². The lowest BCUT2D eigenvalue weighted by molar-refractivity contribution is -0.117. The molecule has 6 nitrogen and oxygen atoms in total. The topological polar surface area (TPSA) is 72.1 Å². The maximum atomic E-state index is 12.5. The first kappa shape index (κ1) is 15.5. The molecule has 25 heavy (non-hydrogen) atoms. The van der Waals surface area contributed by atoms with Crippen molar-refractivity contribution in [3.05, 3.63) is 59.7 Å². The Morgan fingerprint density at radius 3 is 2.92 bits per heavy atom. The summed E-state index contributed by atoms with van der Waals surface area (Å²) < 4.78 is 5.42. The Morgan fingerprint density at radius 2 is 2.12 bits per heavy atom. The molecule has 1 aliphatic heterocycles. The number of rotatable bonds is 3. The summed E-state index contributed by atoms with van der Waals surface area (Å²) in [6.07, 6.45) is 3.76.